The topological polar surface area (TPSA) is 68.3 Å². The van der Waals surface area contributed by atoms with E-state index in [1.807, 2.05) is 131 Å². The first kappa shape index (κ1) is 30.3. The van der Waals surface area contributed by atoms with Gasteiger partial charge in [0.25, 0.3) is 0 Å². The fourth-order valence-electron chi connectivity index (χ4n) is 3.97. The average Bonchev–Trinajstić information content (AvgIpc) is 2.97. The lowest BCUT2D eigenvalue weighted by atomic mass is 10.2. The Balaban J connectivity index is 1.35. The summed E-state index contributed by atoms with van der Waals surface area (Å²) in [6.07, 6.45) is 1.68. The summed E-state index contributed by atoms with van der Waals surface area (Å²) in [5.41, 5.74) is 4.81. The SMILES string of the molecule is Cc1cccc(OP(OCc2ncccc2OP(Oc2cccc(C)c2)Oc2cccc(C)c2)Oc2cccc(C)c2)c1. The summed E-state index contributed by atoms with van der Waals surface area (Å²) >= 11 is 0. The van der Waals surface area contributed by atoms with Gasteiger partial charge in [-0.15, -0.1) is 0 Å². The number of hydrogen-bond donors (Lipinski definition) is 0. The van der Waals surface area contributed by atoms with E-state index in [9.17, 15) is 0 Å². The van der Waals surface area contributed by atoms with Crippen LogP contribution in [0.5, 0.6) is 28.7 Å². The van der Waals surface area contributed by atoms with Gasteiger partial charge in [0.05, 0.1) is 0 Å². The smallest absolute Gasteiger partial charge is 0.418 e. The van der Waals surface area contributed by atoms with Crippen molar-refractivity contribution < 1.29 is 27.1 Å². The Morgan fingerprint density at radius 1 is 0.488 bits per heavy atom. The van der Waals surface area contributed by atoms with Gasteiger partial charge in [0.2, 0.25) is 0 Å². The maximum Gasteiger partial charge on any atom is 0.530 e. The Morgan fingerprint density at radius 3 is 1.33 bits per heavy atom. The maximum absolute atomic E-state index is 6.34. The van der Waals surface area contributed by atoms with Gasteiger partial charge in [-0.05, 0) is 111 Å². The quantitative estimate of drug-likeness (QED) is 0.122. The second-order valence-corrected chi connectivity index (χ2v) is 12.0. The summed E-state index contributed by atoms with van der Waals surface area (Å²) in [4.78, 5) is 4.54. The van der Waals surface area contributed by atoms with Crippen molar-refractivity contribution in [1.29, 1.82) is 0 Å². The van der Waals surface area contributed by atoms with Crippen LogP contribution >= 0.6 is 17.2 Å². The van der Waals surface area contributed by atoms with Gasteiger partial charge in [0.1, 0.15) is 35.3 Å². The molecule has 43 heavy (non-hydrogen) atoms. The third kappa shape index (κ3) is 9.42. The van der Waals surface area contributed by atoms with Crippen molar-refractivity contribution >= 4 is 17.2 Å². The highest BCUT2D eigenvalue weighted by Gasteiger charge is 2.24. The Bertz CT molecular complexity index is 1550. The van der Waals surface area contributed by atoms with Crippen LogP contribution < -0.4 is 22.6 Å². The normalized spacial score (nSPS) is 10.9. The first-order chi connectivity index (χ1) is 20.9. The molecular weight excluding hydrogens is 580 g/mol. The van der Waals surface area contributed by atoms with Crippen LogP contribution in [0.3, 0.4) is 0 Å². The van der Waals surface area contributed by atoms with E-state index in [-0.39, 0.29) is 6.61 Å². The molecule has 0 radical (unpaired) electrons. The van der Waals surface area contributed by atoms with Gasteiger partial charge in [-0.2, -0.15) is 0 Å². The summed E-state index contributed by atoms with van der Waals surface area (Å²) in [5.74, 6) is 3.05. The number of aromatic nitrogens is 1. The van der Waals surface area contributed by atoms with Gasteiger partial charge in [-0.25, -0.2) is 0 Å². The van der Waals surface area contributed by atoms with E-state index in [1.165, 1.54) is 0 Å². The molecule has 5 rings (SSSR count). The number of nitrogens with zero attached hydrogens (tertiary/aromatic N) is 1. The lowest BCUT2D eigenvalue weighted by Crippen LogP contribution is -2.06. The average molecular weight is 614 g/mol. The minimum atomic E-state index is -1.90. The predicted molar refractivity (Wildman–Crippen MR) is 171 cm³/mol. The molecular formula is C34H33NO6P2. The van der Waals surface area contributed by atoms with E-state index in [2.05, 4.69) is 4.98 Å². The van der Waals surface area contributed by atoms with Crippen LogP contribution in [-0.2, 0) is 11.1 Å². The zero-order chi connectivity index (χ0) is 30.0. The maximum atomic E-state index is 6.34. The number of benzene rings is 4. The number of pyridine rings is 1. The van der Waals surface area contributed by atoms with Gasteiger partial charge in [-0.3, -0.25) is 9.51 Å². The van der Waals surface area contributed by atoms with Crippen LogP contribution in [0.15, 0.2) is 115 Å². The van der Waals surface area contributed by atoms with E-state index in [1.54, 1.807) is 12.3 Å². The molecule has 0 saturated heterocycles. The molecule has 1 heterocycles. The lowest BCUT2D eigenvalue weighted by molar-refractivity contribution is 0.250. The highest BCUT2D eigenvalue weighted by atomic mass is 31.2. The monoisotopic (exact) mass is 613 g/mol. The predicted octanol–water partition coefficient (Wildman–Crippen LogP) is 9.98. The molecule has 0 spiro atoms. The first-order valence-corrected chi connectivity index (χ1v) is 15.9. The molecule has 0 aliphatic heterocycles. The third-order valence-corrected chi connectivity index (χ3v) is 8.13. The molecule has 0 amide bonds. The zero-order valence-corrected chi connectivity index (χ0v) is 26.3. The fourth-order valence-corrected chi connectivity index (χ4v) is 5.92. The van der Waals surface area contributed by atoms with Crippen LogP contribution in [0, 0.1) is 27.7 Å². The van der Waals surface area contributed by atoms with Crippen LogP contribution in [-0.4, -0.2) is 4.98 Å². The van der Waals surface area contributed by atoms with Gasteiger partial charge in [0.15, 0.2) is 5.75 Å². The second-order valence-electron chi connectivity index (χ2n) is 9.89. The van der Waals surface area contributed by atoms with Crippen LogP contribution in [0.2, 0.25) is 0 Å². The summed E-state index contributed by atoms with van der Waals surface area (Å²) in [6, 6.07) is 34.6. The number of aryl methyl sites for hydroxylation is 4. The third-order valence-electron chi connectivity index (χ3n) is 6.01. The van der Waals surface area contributed by atoms with Gasteiger partial charge >= 0.3 is 17.2 Å². The highest BCUT2D eigenvalue weighted by molar-refractivity contribution is 7.43. The standard InChI is InChI=1S/C34H33NO6P2/c1-25-10-5-14-29(20-25)37-42(38-30-15-6-11-26(2)21-30)36-24-33-34(18-9-19-35-33)41-43(39-31-16-7-12-27(3)22-31)40-32-17-8-13-28(4)23-32/h5-23H,24H2,1-4H3. The Kier molecular flexibility index (Phi) is 10.5. The molecule has 0 saturated carbocycles. The molecule has 5 aromatic rings. The van der Waals surface area contributed by atoms with Crippen molar-refractivity contribution in [1.82, 2.24) is 4.98 Å². The van der Waals surface area contributed by atoms with Crippen molar-refractivity contribution in [3.8, 4) is 28.7 Å². The van der Waals surface area contributed by atoms with Crippen LogP contribution in [0.25, 0.3) is 0 Å². The molecule has 0 aliphatic carbocycles. The van der Waals surface area contributed by atoms with E-state index < -0.39 is 17.2 Å². The molecule has 9 heteroatoms. The number of rotatable bonds is 13. The second kappa shape index (κ2) is 14.8. The first-order valence-electron chi connectivity index (χ1n) is 13.7. The lowest BCUT2D eigenvalue weighted by Gasteiger charge is -2.20. The van der Waals surface area contributed by atoms with Crippen LogP contribution in [0.4, 0.5) is 0 Å². The molecule has 220 valence electrons. The largest absolute Gasteiger partial charge is 0.530 e. The van der Waals surface area contributed by atoms with Gasteiger partial charge in [-0.1, -0.05) is 48.5 Å². The summed E-state index contributed by atoms with van der Waals surface area (Å²) < 4.78 is 37.3. The molecule has 0 aliphatic rings. The van der Waals surface area contributed by atoms with Crippen molar-refractivity contribution in [3.05, 3.63) is 143 Å². The van der Waals surface area contributed by atoms with Crippen molar-refractivity contribution in [2.75, 3.05) is 0 Å². The molecule has 1 aromatic heterocycles. The molecule has 0 bridgehead atoms. The molecule has 0 unspecified atom stereocenters. The molecule has 0 atom stereocenters. The van der Waals surface area contributed by atoms with Crippen LogP contribution in [0.1, 0.15) is 27.9 Å². The Morgan fingerprint density at radius 2 is 0.907 bits per heavy atom. The van der Waals surface area contributed by atoms with E-state index in [0.717, 1.165) is 22.3 Å². The van der Waals surface area contributed by atoms with E-state index >= 15 is 0 Å². The minimum absolute atomic E-state index is 0.0670. The van der Waals surface area contributed by atoms with Gasteiger partial charge in [0, 0.05) is 6.20 Å². The van der Waals surface area contributed by atoms with Crippen molar-refractivity contribution in [2.24, 2.45) is 0 Å². The Labute approximate surface area is 255 Å². The van der Waals surface area contributed by atoms with E-state index in [0.29, 0.717) is 34.4 Å². The van der Waals surface area contributed by atoms with E-state index in [4.69, 9.17) is 27.1 Å². The zero-order valence-electron chi connectivity index (χ0n) is 24.5. The minimum Gasteiger partial charge on any atom is -0.418 e. The summed E-state index contributed by atoms with van der Waals surface area (Å²) in [5, 5.41) is 0. The molecule has 0 fully saturated rings. The molecule has 0 N–H and O–H groups in total. The summed E-state index contributed by atoms with van der Waals surface area (Å²) in [6.45, 7) is 8.08. The summed E-state index contributed by atoms with van der Waals surface area (Å²) in [7, 11) is -3.73. The number of hydrogen-bond acceptors (Lipinski definition) is 7. The van der Waals surface area contributed by atoms with Crippen molar-refractivity contribution in [3.63, 3.8) is 0 Å². The highest BCUT2D eigenvalue weighted by Crippen LogP contribution is 2.46. The fraction of sp³-hybridized carbons (Fsp3) is 0.147. The molecule has 4 aromatic carbocycles. The van der Waals surface area contributed by atoms with Crippen molar-refractivity contribution in [2.45, 2.75) is 34.3 Å². The Hall–Kier alpha value is -4.15. The molecule has 7 nitrogen and oxygen atoms in total. The van der Waals surface area contributed by atoms with Gasteiger partial charge < -0.3 is 22.6 Å².